The zero-order chi connectivity index (χ0) is 9.07. The second-order valence-electron chi connectivity index (χ2n) is 2.92. The average molecular weight is 181 g/mol. The van der Waals surface area contributed by atoms with E-state index in [4.69, 9.17) is 4.55 Å². The van der Waals surface area contributed by atoms with Crippen molar-refractivity contribution in [2.45, 2.75) is 18.6 Å². The summed E-state index contributed by atoms with van der Waals surface area (Å²) in [6.07, 6.45) is 0.464. The largest absolute Gasteiger partial charge is 0.309 e. The van der Waals surface area contributed by atoms with Gasteiger partial charge in [0.05, 0.1) is 5.25 Å². The molecule has 0 amide bonds. The van der Waals surface area contributed by atoms with Crippen molar-refractivity contribution < 1.29 is 13.0 Å². The van der Waals surface area contributed by atoms with Crippen molar-refractivity contribution in [1.29, 1.82) is 0 Å². The Balaban J connectivity index is 3.81. The summed E-state index contributed by atoms with van der Waals surface area (Å²) < 4.78 is 29.5. The maximum atomic E-state index is 10.5. The molecule has 0 aliphatic heterocycles. The van der Waals surface area contributed by atoms with Crippen LogP contribution in [-0.4, -0.2) is 43.8 Å². The van der Waals surface area contributed by atoms with Gasteiger partial charge in [-0.2, -0.15) is 8.42 Å². The van der Waals surface area contributed by atoms with Gasteiger partial charge in [0.15, 0.2) is 0 Å². The van der Waals surface area contributed by atoms with Gasteiger partial charge in [0.1, 0.15) is 0 Å². The third kappa shape index (κ3) is 5.17. The van der Waals surface area contributed by atoms with E-state index in [2.05, 4.69) is 0 Å². The van der Waals surface area contributed by atoms with Gasteiger partial charge in [0, 0.05) is 0 Å². The van der Waals surface area contributed by atoms with Gasteiger partial charge in [-0.25, -0.2) is 0 Å². The van der Waals surface area contributed by atoms with Crippen LogP contribution < -0.4 is 0 Å². The topological polar surface area (TPSA) is 57.6 Å². The predicted octanol–water partition coefficient (Wildman–Crippen LogP) is 0.214. The summed E-state index contributed by atoms with van der Waals surface area (Å²) in [5, 5.41) is -0.662. The first-order chi connectivity index (χ1) is 4.84. The molecular formula is C6H15NO3S. The Morgan fingerprint density at radius 1 is 1.45 bits per heavy atom. The Kier molecular flexibility index (Phi) is 3.99. The van der Waals surface area contributed by atoms with Gasteiger partial charge in [-0.15, -0.1) is 0 Å². The molecule has 0 spiro atoms. The molecule has 68 valence electrons. The molecule has 0 aliphatic carbocycles. The second-order valence-corrected chi connectivity index (χ2v) is 4.75. The summed E-state index contributed by atoms with van der Waals surface area (Å²) in [5.41, 5.74) is 0. The molecular weight excluding hydrogens is 166 g/mol. The highest BCUT2D eigenvalue weighted by Crippen LogP contribution is 2.02. The van der Waals surface area contributed by atoms with Gasteiger partial charge in [0.2, 0.25) is 0 Å². The van der Waals surface area contributed by atoms with E-state index in [-0.39, 0.29) is 0 Å². The van der Waals surface area contributed by atoms with E-state index in [1.54, 1.807) is 0 Å². The number of rotatable bonds is 4. The summed E-state index contributed by atoms with van der Waals surface area (Å²) in [7, 11) is -0.109. The highest BCUT2D eigenvalue weighted by Gasteiger charge is 2.16. The van der Waals surface area contributed by atoms with Crippen molar-refractivity contribution in [1.82, 2.24) is 4.90 Å². The van der Waals surface area contributed by atoms with Gasteiger partial charge in [-0.1, -0.05) is 0 Å². The zero-order valence-electron chi connectivity index (χ0n) is 7.11. The van der Waals surface area contributed by atoms with Crippen molar-refractivity contribution in [2.24, 2.45) is 0 Å². The van der Waals surface area contributed by atoms with Crippen LogP contribution in [0.2, 0.25) is 0 Å². The first kappa shape index (κ1) is 10.9. The van der Waals surface area contributed by atoms with Gasteiger partial charge >= 0.3 is 0 Å². The molecule has 1 N–H and O–H groups in total. The normalized spacial score (nSPS) is 15.4. The Hall–Kier alpha value is -0.130. The van der Waals surface area contributed by atoms with Crippen molar-refractivity contribution in [3.8, 4) is 0 Å². The van der Waals surface area contributed by atoms with Crippen molar-refractivity contribution in [3.05, 3.63) is 0 Å². The Bertz CT molecular complexity index is 198. The summed E-state index contributed by atoms with van der Waals surface area (Å²) >= 11 is 0. The molecule has 0 bridgehead atoms. The minimum Gasteiger partial charge on any atom is -0.309 e. The van der Waals surface area contributed by atoms with Crippen molar-refractivity contribution in [3.63, 3.8) is 0 Å². The van der Waals surface area contributed by atoms with E-state index in [1.165, 1.54) is 6.92 Å². The van der Waals surface area contributed by atoms with Crippen molar-refractivity contribution >= 4 is 10.1 Å². The second kappa shape index (κ2) is 4.04. The summed E-state index contributed by atoms with van der Waals surface area (Å²) in [4.78, 5) is 1.88. The molecule has 0 aliphatic rings. The monoisotopic (exact) mass is 181 g/mol. The van der Waals surface area contributed by atoms with E-state index in [9.17, 15) is 8.42 Å². The maximum absolute atomic E-state index is 10.5. The number of hydrogen-bond donors (Lipinski definition) is 1. The molecule has 11 heavy (non-hydrogen) atoms. The summed E-state index contributed by atoms with van der Waals surface area (Å²) in [5.74, 6) is 0. The maximum Gasteiger partial charge on any atom is 0.267 e. The van der Waals surface area contributed by atoms with Crippen LogP contribution in [0.4, 0.5) is 0 Å². The number of nitrogens with zero attached hydrogens (tertiary/aromatic N) is 1. The first-order valence-corrected chi connectivity index (χ1v) is 4.95. The van der Waals surface area contributed by atoms with E-state index in [0.717, 1.165) is 0 Å². The molecule has 0 radical (unpaired) electrons. The lowest BCUT2D eigenvalue weighted by molar-refractivity contribution is 0.389. The van der Waals surface area contributed by atoms with Crippen LogP contribution in [0.1, 0.15) is 13.3 Å². The fourth-order valence-electron chi connectivity index (χ4n) is 0.589. The molecule has 0 aromatic rings. The molecule has 0 aromatic carbocycles. The molecule has 0 saturated carbocycles. The standard InChI is InChI=1S/C6H15NO3S/c1-6(11(8,9)10)4-5-7(2)3/h6H,4-5H2,1-3H3,(H,8,9,10). The van der Waals surface area contributed by atoms with Crippen LogP contribution in [0, 0.1) is 0 Å². The zero-order valence-corrected chi connectivity index (χ0v) is 7.93. The van der Waals surface area contributed by atoms with Crippen LogP contribution in [-0.2, 0) is 10.1 Å². The van der Waals surface area contributed by atoms with Crippen LogP contribution >= 0.6 is 0 Å². The van der Waals surface area contributed by atoms with Gasteiger partial charge in [-0.3, -0.25) is 4.55 Å². The number of hydrogen-bond acceptors (Lipinski definition) is 3. The van der Waals surface area contributed by atoms with Crippen LogP contribution in [0.5, 0.6) is 0 Å². The molecule has 0 rings (SSSR count). The SMILES string of the molecule is CC(CCN(C)C)S(=O)(=O)O. The lowest BCUT2D eigenvalue weighted by Crippen LogP contribution is -2.23. The fraction of sp³-hybridized carbons (Fsp3) is 1.00. The van der Waals surface area contributed by atoms with E-state index in [1.807, 2.05) is 19.0 Å². The third-order valence-corrected chi connectivity index (χ3v) is 2.74. The molecule has 1 atom stereocenters. The molecule has 0 aromatic heterocycles. The molecule has 0 heterocycles. The Morgan fingerprint density at radius 3 is 2.18 bits per heavy atom. The summed E-state index contributed by atoms with van der Waals surface area (Å²) in [6, 6.07) is 0. The molecule has 0 saturated heterocycles. The molecule has 4 nitrogen and oxygen atoms in total. The van der Waals surface area contributed by atoms with Gasteiger partial charge < -0.3 is 4.90 Å². The summed E-state index contributed by atoms with van der Waals surface area (Å²) in [6.45, 7) is 2.17. The molecule has 5 heteroatoms. The van der Waals surface area contributed by atoms with Crippen LogP contribution in [0.3, 0.4) is 0 Å². The minimum absolute atomic E-state index is 0.464. The highest BCUT2D eigenvalue weighted by atomic mass is 32.2. The Morgan fingerprint density at radius 2 is 1.91 bits per heavy atom. The Labute approximate surface area is 68.0 Å². The van der Waals surface area contributed by atoms with E-state index >= 15 is 0 Å². The average Bonchev–Trinajstić information content (AvgIpc) is 1.80. The first-order valence-electron chi connectivity index (χ1n) is 3.45. The van der Waals surface area contributed by atoms with Crippen molar-refractivity contribution in [2.75, 3.05) is 20.6 Å². The molecule has 1 unspecified atom stereocenters. The smallest absolute Gasteiger partial charge is 0.267 e. The quantitative estimate of drug-likeness (QED) is 0.630. The minimum atomic E-state index is -3.83. The van der Waals surface area contributed by atoms with Gasteiger partial charge in [0.25, 0.3) is 10.1 Å². The van der Waals surface area contributed by atoms with Crippen LogP contribution in [0.25, 0.3) is 0 Å². The van der Waals surface area contributed by atoms with E-state index < -0.39 is 15.4 Å². The van der Waals surface area contributed by atoms with E-state index in [0.29, 0.717) is 13.0 Å². The molecule has 0 fully saturated rings. The lowest BCUT2D eigenvalue weighted by Gasteiger charge is -2.12. The fourth-order valence-corrected chi connectivity index (χ4v) is 0.992. The lowest BCUT2D eigenvalue weighted by atomic mass is 10.3. The predicted molar refractivity (Wildman–Crippen MR) is 44.2 cm³/mol. The third-order valence-electron chi connectivity index (χ3n) is 1.49. The van der Waals surface area contributed by atoms with Gasteiger partial charge in [-0.05, 0) is 34.0 Å². The van der Waals surface area contributed by atoms with Crippen LogP contribution in [0.15, 0.2) is 0 Å². The highest BCUT2D eigenvalue weighted by molar-refractivity contribution is 7.86.